The summed E-state index contributed by atoms with van der Waals surface area (Å²) in [5.41, 5.74) is 0.118. The smallest absolute Gasteiger partial charge is 0.416 e. The SMILES string of the molecule is CC(NS(=O)(=O)c1ccc(C(F)(F)F)cc1)C(=O)C(C(=O)O)(C(=O)NCC1CCCNC1)N(C)C1(N)CC1=N. The number of ketones is 1. The van der Waals surface area contributed by atoms with Crippen molar-refractivity contribution in [1.29, 1.82) is 5.41 Å². The minimum Gasteiger partial charge on any atom is -0.479 e. The number of nitrogens with zero attached hydrogens (tertiary/aromatic N) is 1. The van der Waals surface area contributed by atoms with Crippen molar-refractivity contribution in [2.75, 3.05) is 26.7 Å². The van der Waals surface area contributed by atoms with E-state index in [0.29, 0.717) is 30.8 Å². The number of carboxylic acid groups (broad SMARTS) is 1. The Kier molecular flexibility index (Phi) is 8.57. The van der Waals surface area contributed by atoms with Crippen LogP contribution in [0.3, 0.4) is 0 Å². The number of Topliss-reactive ketones (excluding diaryl/α,β-unsaturated/α-hetero) is 1. The van der Waals surface area contributed by atoms with Crippen LogP contribution in [0.15, 0.2) is 29.2 Å². The molecule has 2 fully saturated rings. The lowest BCUT2D eigenvalue weighted by Gasteiger charge is -2.40. The van der Waals surface area contributed by atoms with Gasteiger partial charge in [-0.1, -0.05) is 0 Å². The van der Waals surface area contributed by atoms with Crippen molar-refractivity contribution >= 4 is 33.4 Å². The second kappa shape index (κ2) is 10.9. The van der Waals surface area contributed by atoms with E-state index in [1.54, 1.807) is 0 Å². The maximum absolute atomic E-state index is 13.7. The first-order valence-corrected chi connectivity index (χ1v) is 13.5. The van der Waals surface area contributed by atoms with Crippen molar-refractivity contribution in [1.82, 2.24) is 20.3 Å². The number of carbonyl (C=O) groups excluding carboxylic acids is 2. The van der Waals surface area contributed by atoms with Gasteiger partial charge in [-0.2, -0.15) is 13.2 Å². The fourth-order valence-electron chi connectivity index (χ4n) is 4.57. The van der Waals surface area contributed by atoms with E-state index < -0.39 is 61.6 Å². The van der Waals surface area contributed by atoms with Crippen molar-refractivity contribution in [2.24, 2.45) is 11.7 Å². The van der Waals surface area contributed by atoms with Crippen LogP contribution in [0, 0.1) is 11.3 Å². The molecular formula is C23H31F3N6O6S. The van der Waals surface area contributed by atoms with Gasteiger partial charge in [-0.25, -0.2) is 17.9 Å². The number of piperidine rings is 1. The Hall–Kier alpha value is -2.92. The lowest BCUT2D eigenvalue weighted by Crippen LogP contribution is -2.74. The third-order valence-corrected chi connectivity index (χ3v) is 8.66. The molecule has 1 saturated carbocycles. The van der Waals surface area contributed by atoms with Gasteiger partial charge in [0.25, 0.3) is 11.4 Å². The van der Waals surface area contributed by atoms with Gasteiger partial charge in [-0.3, -0.25) is 14.5 Å². The molecule has 0 aromatic heterocycles. The zero-order chi connectivity index (χ0) is 29.4. The van der Waals surface area contributed by atoms with Crippen LogP contribution in [-0.4, -0.2) is 85.7 Å². The average molecular weight is 577 g/mol. The molecule has 0 spiro atoms. The Labute approximate surface area is 223 Å². The number of hydrogen-bond donors (Lipinski definition) is 6. The van der Waals surface area contributed by atoms with Crippen molar-refractivity contribution in [3.63, 3.8) is 0 Å². The molecule has 4 atom stereocenters. The summed E-state index contributed by atoms with van der Waals surface area (Å²) in [4.78, 5) is 40.1. The molecule has 1 aliphatic heterocycles. The molecule has 12 nitrogen and oxygen atoms in total. The van der Waals surface area contributed by atoms with E-state index in [0.717, 1.165) is 38.3 Å². The lowest BCUT2D eigenvalue weighted by molar-refractivity contribution is -0.165. The van der Waals surface area contributed by atoms with Crippen LogP contribution in [0.25, 0.3) is 0 Å². The Balaban J connectivity index is 1.92. The Bertz CT molecular complexity index is 1250. The summed E-state index contributed by atoms with van der Waals surface area (Å²) < 4.78 is 66.3. The number of alkyl halides is 3. The molecule has 1 aliphatic carbocycles. The molecule has 1 saturated heterocycles. The lowest BCUT2D eigenvalue weighted by atomic mass is 9.86. The molecule has 16 heteroatoms. The van der Waals surface area contributed by atoms with Crippen LogP contribution in [0.1, 0.15) is 31.7 Å². The Morgan fingerprint density at radius 2 is 1.87 bits per heavy atom. The Morgan fingerprint density at radius 3 is 2.33 bits per heavy atom. The number of sulfonamides is 1. The highest BCUT2D eigenvalue weighted by molar-refractivity contribution is 7.89. The molecule has 0 radical (unpaired) electrons. The van der Waals surface area contributed by atoms with Crippen LogP contribution >= 0.6 is 0 Å². The molecule has 1 heterocycles. The standard InChI is InChI=1S/C23H31F3N6O6S/c1-13(31-39(37,38)16-7-5-15(6-8-16)23(24,25)26)18(33)22(20(35)36,32(2)21(28)10-17(21)27)19(34)30-12-14-4-3-9-29-11-14/h5-8,13-14,27,29,31H,3-4,9-12,28H2,1-2H3,(H,30,34)(H,35,36). The number of carboxylic acids is 1. The molecular weight excluding hydrogens is 545 g/mol. The maximum atomic E-state index is 13.7. The quantitative estimate of drug-likeness (QED) is 0.154. The van der Waals surface area contributed by atoms with E-state index in [2.05, 4.69) is 10.6 Å². The number of amides is 1. The van der Waals surface area contributed by atoms with Crippen LogP contribution in [0.5, 0.6) is 0 Å². The monoisotopic (exact) mass is 576 g/mol. The maximum Gasteiger partial charge on any atom is 0.416 e. The molecule has 3 rings (SSSR count). The summed E-state index contributed by atoms with van der Waals surface area (Å²) in [6.07, 6.45) is -3.26. The van der Waals surface area contributed by atoms with Crippen molar-refractivity contribution in [3.8, 4) is 0 Å². The summed E-state index contributed by atoms with van der Waals surface area (Å²) in [6, 6.07) is 0.616. The highest BCUT2D eigenvalue weighted by Crippen LogP contribution is 2.37. The minimum atomic E-state index is -4.71. The number of likely N-dealkylation sites (N-methyl/N-ethyl adjacent to an activating group) is 1. The van der Waals surface area contributed by atoms with E-state index in [-0.39, 0.29) is 24.6 Å². The van der Waals surface area contributed by atoms with Gasteiger partial charge in [0, 0.05) is 18.7 Å². The normalized spacial score (nSPS) is 24.1. The van der Waals surface area contributed by atoms with E-state index in [4.69, 9.17) is 11.1 Å². The van der Waals surface area contributed by atoms with Gasteiger partial charge < -0.3 is 26.9 Å². The summed E-state index contributed by atoms with van der Waals surface area (Å²) in [5, 5.41) is 23.8. The first-order valence-electron chi connectivity index (χ1n) is 12.0. The zero-order valence-corrected chi connectivity index (χ0v) is 22.1. The molecule has 4 unspecified atom stereocenters. The van der Waals surface area contributed by atoms with Crippen LogP contribution in [0.4, 0.5) is 13.2 Å². The van der Waals surface area contributed by atoms with Gasteiger partial charge >= 0.3 is 12.1 Å². The molecule has 1 amide bonds. The number of carbonyl (C=O) groups is 3. The number of aliphatic carboxylic acids is 1. The second-order valence-corrected chi connectivity index (χ2v) is 11.5. The molecule has 7 N–H and O–H groups in total. The van der Waals surface area contributed by atoms with Crippen molar-refractivity contribution in [3.05, 3.63) is 29.8 Å². The molecule has 1 aromatic carbocycles. The van der Waals surface area contributed by atoms with Gasteiger partial charge in [-0.05, 0) is 70.1 Å². The van der Waals surface area contributed by atoms with E-state index in [9.17, 15) is 41.1 Å². The van der Waals surface area contributed by atoms with Gasteiger partial charge in [0.2, 0.25) is 10.0 Å². The minimum absolute atomic E-state index is 0.0304. The predicted octanol–water partition coefficient (Wildman–Crippen LogP) is -0.109. The van der Waals surface area contributed by atoms with Crippen LogP contribution in [0.2, 0.25) is 0 Å². The van der Waals surface area contributed by atoms with Gasteiger partial charge in [0.05, 0.1) is 16.5 Å². The fraction of sp³-hybridized carbons (Fsp3) is 0.565. The Morgan fingerprint density at radius 1 is 1.28 bits per heavy atom. The number of nitrogens with two attached hydrogens (primary N) is 1. The topological polar surface area (TPSA) is 195 Å². The summed E-state index contributed by atoms with van der Waals surface area (Å²) in [5.74, 6) is -4.62. The summed E-state index contributed by atoms with van der Waals surface area (Å²) >= 11 is 0. The number of benzene rings is 1. The number of hydrogen-bond acceptors (Lipinski definition) is 9. The first kappa shape index (κ1) is 30.6. The molecule has 1 aromatic rings. The predicted molar refractivity (Wildman–Crippen MR) is 132 cm³/mol. The highest BCUT2D eigenvalue weighted by atomic mass is 32.2. The van der Waals surface area contributed by atoms with E-state index in [1.165, 1.54) is 0 Å². The summed E-state index contributed by atoms with van der Waals surface area (Å²) in [7, 11) is -3.54. The zero-order valence-electron chi connectivity index (χ0n) is 21.3. The van der Waals surface area contributed by atoms with Crippen LogP contribution in [-0.2, 0) is 30.6 Å². The summed E-state index contributed by atoms with van der Waals surface area (Å²) in [6.45, 7) is 2.38. The van der Waals surface area contributed by atoms with E-state index in [1.807, 2.05) is 4.72 Å². The number of halogens is 3. The molecule has 216 valence electrons. The van der Waals surface area contributed by atoms with Gasteiger partial charge in [0.15, 0.2) is 5.78 Å². The van der Waals surface area contributed by atoms with Gasteiger partial charge in [-0.15, -0.1) is 0 Å². The van der Waals surface area contributed by atoms with Crippen molar-refractivity contribution < 1.29 is 41.1 Å². The van der Waals surface area contributed by atoms with Gasteiger partial charge in [0.1, 0.15) is 5.66 Å². The number of nitrogens with one attached hydrogen (secondary N) is 4. The van der Waals surface area contributed by atoms with E-state index >= 15 is 0 Å². The molecule has 2 aliphatic rings. The second-order valence-electron chi connectivity index (χ2n) is 9.81. The first-order chi connectivity index (χ1) is 18.0. The largest absolute Gasteiger partial charge is 0.479 e. The third-order valence-electron chi connectivity index (χ3n) is 7.11. The average Bonchev–Trinajstić information content (AvgIpc) is 3.49. The van der Waals surface area contributed by atoms with Crippen LogP contribution < -0.4 is 21.1 Å². The highest BCUT2D eigenvalue weighted by Gasteiger charge is 2.66. The molecule has 39 heavy (non-hydrogen) atoms. The fourth-order valence-corrected chi connectivity index (χ4v) is 5.78. The molecule has 0 bridgehead atoms. The third kappa shape index (κ3) is 5.99. The van der Waals surface area contributed by atoms with Crippen molar-refractivity contribution in [2.45, 2.75) is 54.5 Å². The number of rotatable bonds is 11.